The Hall–Kier alpha value is -1.16. The molecule has 1 atom stereocenters. The van der Waals surface area contributed by atoms with Gasteiger partial charge in [-0.15, -0.1) is 6.58 Å². The normalized spacial score (nSPS) is 12.6. The van der Waals surface area contributed by atoms with Crippen molar-refractivity contribution in [3.8, 4) is 0 Å². The fraction of sp³-hybridized carbons (Fsp3) is 0.556. The Labute approximate surface area is 129 Å². The molecule has 0 saturated heterocycles. The number of rotatable bonds is 11. The van der Waals surface area contributed by atoms with E-state index in [1.807, 2.05) is 6.08 Å². The van der Waals surface area contributed by atoms with E-state index in [1.54, 1.807) is 7.11 Å². The van der Waals surface area contributed by atoms with Gasteiger partial charge in [-0.3, -0.25) is 4.90 Å². The van der Waals surface area contributed by atoms with E-state index in [0.717, 1.165) is 39.0 Å². The van der Waals surface area contributed by atoms with Crippen molar-refractivity contribution < 1.29 is 9.84 Å². The van der Waals surface area contributed by atoms with E-state index in [4.69, 9.17) is 4.74 Å². The van der Waals surface area contributed by atoms with E-state index in [9.17, 15) is 5.11 Å². The molecule has 0 aliphatic rings. The van der Waals surface area contributed by atoms with Crippen LogP contribution in [0.15, 0.2) is 36.9 Å². The highest BCUT2D eigenvalue weighted by molar-refractivity contribution is 5.25. The lowest BCUT2D eigenvalue weighted by Crippen LogP contribution is -2.33. The molecule has 0 heterocycles. The number of benzene rings is 1. The van der Waals surface area contributed by atoms with Crippen LogP contribution in [0.4, 0.5) is 0 Å². The summed E-state index contributed by atoms with van der Waals surface area (Å²) >= 11 is 0. The van der Waals surface area contributed by atoms with Crippen LogP contribution in [-0.2, 0) is 11.3 Å². The average molecular weight is 291 g/mol. The van der Waals surface area contributed by atoms with Crippen LogP contribution in [0.5, 0.6) is 0 Å². The smallest absolute Gasteiger partial charge is 0.0670 e. The Balaban J connectivity index is 2.58. The van der Waals surface area contributed by atoms with E-state index in [-0.39, 0.29) is 6.10 Å². The van der Waals surface area contributed by atoms with Crippen LogP contribution in [-0.4, -0.2) is 42.9 Å². The maximum atomic E-state index is 10.1. The number of hydrogen-bond donors (Lipinski definition) is 1. The van der Waals surface area contributed by atoms with E-state index in [0.29, 0.717) is 6.54 Å². The van der Waals surface area contributed by atoms with E-state index < -0.39 is 0 Å². The molecule has 21 heavy (non-hydrogen) atoms. The van der Waals surface area contributed by atoms with Crippen molar-refractivity contribution in [3.63, 3.8) is 0 Å². The van der Waals surface area contributed by atoms with Crippen molar-refractivity contribution in [2.45, 2.75) is 38.8 Å². The highest BCUT2D eigenvalue weighted by Gasteiger charge is 2.12. The highest BCUT2D eigenvalue weighted by Crippen LogP contribution is 2.12. The second-order valence-electron chi connectivity index (χ2n) is 5.53. The molecule has 0 radical (unpaired) electrons. The number of methoxy groups -OCH3 is 1. The number of nitrogens with zero attached hydrogens (tertiary/aromatic N) is 1. The van der Waals surface area contributed by atoms with Crippen molar-refractivity contribution in [1.82, 2.24) is 4.90 Å². The Morgan fingerprint density at radius 2 is 2.14 bits per heavy atom. The summed E-state index contributed by atoms with van der Waals surface area (Å²) in [6.45, 7) is 9.12. The molecule has 0 aliphatic carbocycles. The lowest BCUT2D eigenvalue weighted by atomic mass is 10.1. The first-order chi connectivity index (χ1) is 10.2. The SMILES string of the molecule is C=CCCC(O)CN(CCCOC)Cc1ccccc1C. The zero-order valence-corrected chi connectivity index (χ0v) is 13.4. The summed E-state index contributed by atoms with van der Waals surface area (Å²) in [4.78, 5) is 2.31. The Morgan fingerprint density at radius 1 is 1.38 bits per heavy atom. The molecule has 1 aromatic rings. The second-order valence-corrected chi connectivity index (χ2v) is 5.53. The molecule has 1 unspecified atom stereocenters. The van der Waals surface area contributed by atoms with Crippen molar-refractivity contribution in [2.75, 3.05) is 26.8 Å². The number of allylic oxidation sites excluding steroid dienone is 1. The summed E-state index contributed by atoms with van der Waals surface area (Å²) in [5.41, 5.74) is 2.63. The number of ether oxygens (including phenoxy) is 1. The van der Waals surface area contributed by atoms with Gasteiger partial charge in [-0.05, 0) is 37.3 Å². The monoisotopic (exact) mass is 291 g/mol. The second kappa shape index (κ2) is 10.6. The molecule has 0 aromatic heterocycles. The Bertz CT molecular complexity index is 406. The zero-order valence-electron chi connectivity index (χ0n) is 13.4. The van der Waals surface area contributed by atoms with Crippen molar-refractivity contribution in [3.05, 3.63) is 48.0 Å². The Morgan fingerprint density at radius 3 is 2.81 bits per heavy atom. The minimum absolute atomic E-state index is 0.297. The summed E-state index contributed by atoms with van der Waals surface area (Å²) in [7, 11) is 1.73. The third kappa shape index (κ3) is 7.42. The van der Waals surface area contributed by atoms with Crippen LogP contribution in [0.25, 0.3) is 0 Å². The summed E-state index contributed by atoms with van der Waals surface area (Å²) in [6.07, 6.45) is 4.18. The molecule has 0 bridgehead atoms. The molecule has 1 aromatic carbocycles. The van der Waals surface area contributed by atoms with Crippen LogP contribution in [0.3, 0.4) is 0 Å². The van der Waals surface area contributed by atoms with Gasteiger partial charge < -0.3 is 9.84 Å². The predicted octanol–water partition coefficient (Wildman–Crippen LogP) is 3.16. The molecule has 3 heteroatoms. The van der Waals surface area contributed by atoms with Gasteiger partial charge in [0.25, 0.3) is 0 Å². The molecule has 1 N–H and O–H groups in total. The highest BCUT2D eigenvalue weighted by atomic mass is 16.5. The zero-order chi connectivity index (χ0) is 15.5. The average Bonchev–Trinajstić information content (AvgIpc) is 2.47. The van der Waals surface area contributed by atoms with Crippen LogP contribution in [0, 0.1) is 6.92 Å². The summed E-state index contributed by atoms with van der Waals surface area (Å²) in [5, 5.41) is 10.1. The van der Waals surface area contributed by atoms with Gasteiger partial charge in [0.05, 0.1) is 6.10 Å². The fourth-order valence-electron chi connectivity index (χ4n) is 2.40. The molecule has 0 saturated carbocycles. The van der Waals surface area contributed by atoms with E-state index >= 15 is 0 Å². The van der Waals surface area contributed by atoms with Crippen molar-refractivity contribution in [1.29, 1.82) is 0 Å². The minimum Gasteiger partial charge on any atom is -0.392 e. The van der Waals surface area contributed by atoms with Crippen LogP contribution < -0.4 is 0 Å². The first kappa shape index (κ1) is 17.9. The van der Waals surface area contributed by atoms with Gasteiger partial charge in [0, 0.05) is 33.4 Å². The Kier molecular flexibility index (Phi) is 8.99. The maximum absolute atomic E-state index is 10.1. The van der Waals surface area contributed by atoms with Gasteiger partial charge in [-0.25, -0.2) is 0 Å². The summed E-state index contributed by atoms with van der Waals surface area (Å²) in [5.74, 6) is 0. The van der Waals surface area contributed by atoms with Crippen LogP contribution in [0.2, 0.25) is 0 Å². The predicted molar refractivity (Wildman–Crippen MR) is 88.4 cm³/mol. The van der Waals surface area contributed by atoms with Gasteiger partial charge in [0.2, 0.25) is 0 Å². The third-order valence-corrected chi connectivity index (χ3v) is 3.65. The van der Waals surface area contributed by atoms with Gasteiger partial charge >= 0.3 is 0 Å². The van der Waals surface area contributed by atoms with Gasteiger partial charge in [0.1, 0.15) is 0 Å². The van der Waals surface area contributed by atoms with Crippen molar-refractivity contribution in [2.24, 2.45) is 0 Å². The molecule has 0 aliphatic heterocycles. The molecule has 118 valence electrons. The first-order valence-corrected chi connectivity index (χ1v) is 7.72. The standard InChI is InChI=1S/C18H29NO2/c1-4-5-11-18(20)15-19(12-8-13-21-3)14-17-10-7-6-9-16(17)2/h4,6-7,9-10,18,20H,1,5,8,11-15H2,2-3H3. The van der Waals surface area contributed by atoms with Gasteiger partial charge in [-0.1, -0.05) is 30.3 Å². The van der Waals surface area contributed by atoms with Gasteiger partial charge in [-0.2, -0.15) is 0 Å². The van der Waals surface area contributed by atoms with Crippen LogP contribution >= 0.6 is 0 Å². The number of aliphatic hydroxyl groups excluding tert-OH is 1. The molecule has 1 rings (SSSR count). The summed E-state index contributed by atoms with van der Waals surface area (Å²) in [6, 6.07) is 8.43. The van der Waals surface area contributed by atoms with Crippen LogP contribution in [0.1, 0.15) is 30.4 Å². The lowest BCUT2D eigenvalue weighted by molar-refractivity contribution is 0.0941. The number of hydrogen-bond acceptors (Lipinski definition) is 3. The van der Waals surface area contributed by atoms with Gasteiger partial charge in [0.15, 0.2) is 0 Å². The quantitative estimate of drug-likeness (QED) is 0.502. The lowest BCUT2D eigenvalue weighted by Gasteiger charge is -2.25. The topological polar surface area (TPSA) is 32.7 Å². The molecular weight excluding hydrogens is 262 g/mol. The minimum atomic E-state index is -0.297. The molecular formula is C18H29NO2. The number of aryl methyl sites for hydroxylation is 1. The van der Waals surface area contributed by atoms with E-state index in [2.05, 4.69) is 42.7 Å². The molecule has 0 spiro atoms. The first-order valence-electron chi connectivity index (χ1n) is 7.72. The van der Waals surface area contributed by atoms with E-state index in [1.165, 1.54) is 11.1 Å². The molecule has 0 amide bonds. The van der Waals surface area contributed by atoms with Crippen molar-refractivity contribution >= 4 is 0 Å². The third-order valence-electron chi connectivity index (χ3n) is 3.65. The largest absolute Gasteiger partial charge is 0.392 e. The number of aliphatic hydroxyl groups is 1. The molecule has 0 fully saturated rings. The fourth-order valence-corrected chi connectivity index (χ4v) is 2.40. The molecule has 3 nitrogen and oxygen atoms in total. The maximum Gasteiger partial charge on any atom is 0.0670 e. The summed E-state index contributed by atoms with van der Waals surface area (Å²) < 4.78 is 5.13.